The van der Waals surface area contributed by atoms with Gasteiger partial charge in [0.15, 0.2) is 0 Å². The normalized spacial score (nSPS) is 10.8. The maximum absolute atomic E-state index is 12.2. The van der Waals surface area contributed by atoms with Crippen molar-refractivity contribution >= 4 is 16.9 Å². The van der Waals surface area contributed by atoms with Crippen LogP contribution in [0.5, 0.6) is 0 Å². The molecule has 0 fully saturated rings. The molecule has 2 aromatic heterocycles. The molecule has 0 saturated heterocycles. The maximum Gasteiger partial charge on any atom is 0.270 e. The van der Waals surface area contributed by atoms with E-state index in [2.05, 4.69) is 25.3 Å². The Kier molecular flexibility index (Phi) is 3.35. The molecule has 0 aliphatic heterocycles. The lowest BCUT2D eigenvalue weighted by Crippen LogP contribution is -2.25. The van der Waals surface area contributed by atoms with Crippen LogP contribution in [-0.2, 0) is 6.54 Å². The number of carbonyl (C=O) groups excluding carboxylic acids is 1. The lowest BCUT2D eigenvalue weighted by atomic mass is 10.2. The van der Waals surface area contributed by atoms with Crippen LogP contribution in [0.1, 0.15) is 27.6 Å². The van der Waals surface area contributed by atoms with Gasteiger partial charge in [-0.05, 0) is 26.0 Å². The van der Waals surface area contributed by atoms with Crippen molar-refractivity contribution in [3.8, 4) is 0 Å². The molecule has 0 atom stereocenters. The third-order valence-electron chi connectivity index (χ3n) is 3.41. The van der Waals surface area contributed by atoms with E-state index in [0.29, 0.717) is 18.1 Å². The Labute approximate surface area is 121 Å². The van der Waals surface area contributed by atoms with E-state index in [0.717, 1.165) is 22.3 Å². The van der Waals surface area contributed by atoms with Gasteiger partial charge in [0, 0.05) is 11.3 Å². The van der Waals surface area contributed by atoms with E-state index in [9.17, 15) is 4.79 Å². The first-order valence-electron chi connectivity index (χ1n) is 6.65. The number of aromatic amines is 1. The second-order valence-electron chi connectivity index (χ2n) is 4.82. The smallest absolute Gasteiger partial charge is 0.270 e. The quantitative estimate of drug-likeness (QED) is 0.768. The molecule has 21 heavy (non-hydrogen) atoms. The average Bonchev–Trinajstić information content (AvgIpc) is 2.90. The molecule has 6 heteroatoms. The predicted molar refractivity (Wildman–Crippen MR) is 78.8 cm³/mol. The number of rotatable bonds is 3. The Hall–Kier alpha value is -2.76. The monoisotopic (exact) mass is 281 g/mol. The fraction of sp³-hybridized carbons (Fsp3) is 0.200. The van der Waals surface area contributed by atoms with E-state index >= 15 is 0 Å². The molecule has 3 aromatic rings. The van der Waals surface area contributed by atoms with Crippen molar-refractivity contribution in [3.05, 3.63) is 53.4 Å². The Balaban J connectivity index is 1.75. The largest absolute Gasteiger partial charge is 0.343 e. The van der Waals surface area contributed by atoms with Crippen LogP contribution < -0.4 is 5.32 Å². The molecule has 1 aromatic carbocycles. The van der Waals surface area contributed by atoms with Gasteiger partial charge in [0.05, 0.1) is 17.6 Å². The molecule has 6 nitrogen and oxygen atoms in total. The van der Waals surface area contributed by atoms with Gasteiger partial charge < -0.3 is 10.3 Å². The fourth-order valence-corrected chi connectivity index (χ4v) is 2.10. The van der Waals surface area contributed by atoms with Gasteiger partial charge in [-0.25, -0.2) is 15.0 Å². The van der Waals surface area contributed by atoms with Crippen LogP contribution in [0.3, 0.4) is 0 Å². The van der Waals surface area contributed by atoms with Crippen LogP contribution in [0.15, 0.2) is 30.6 Å². The van der Waals surface area contributed by atoms with E-state index < -0.39 is 0 Å². The lowest BCUT2D eigenvalue weighted by molar-refractivity contribution is 0.0944. The fourth-order valence-electron chi connectivity index (χ4n) is 2.10. The third-order valence-corrected chi connectivity index (χ3v) is 3.41. The highest BCUT2D eigenvalue weighted by Crippen LogP contribution is 2.11. The molecule has 0 radical (unpaired) electrons. The lowest BCUT2D eigenvalue weighted by Gasteiger charge is -2.06. The predicted octanol–water partition coefficient (Wildman–Crippen LogP) is 1.90. The first kappa shape index (κ1) is 13.2. The summed E-state index contributed by atoms with van der Waals surface area (Å²) in [5.41, 5.74) is 3.84. The highest BCUT2D eigenvalue weighted by Gasteiger charge is 2.13. The van der Waals surface area contributed by atoms with E-state index in [1.165, 1.54) is 6.33 Å². The number of aryl methyl sites for hydroxylation is 1. The van der Waals surface area contributed by atoms with Crippen molar-refractivity contribution in [2.75, 3.05) is 0 Å². The summed E-state index contributed by atoms with van der Waals surface area (Å²) >= 11 is 0. The van der Waals surface area contributed by atoms with Crippen LogP contribution in [0.25, 0.3) is 11.0 Å². The van der Waals surface area contributed by atoms with Crippen molar-refractivity contribution in [2.45, 2.75) is 20.4 Å². The van der Waals surface area contributed by atoms with Crippen LogP contribution in [0.4, 0.5) is 0 Å². The number of amides is 1. The molecule has 0 aliphatic carbocycles. The Morgan fingerprint density at radius 2 is 2.05 bits per heavy atom. The number of benzene rings is 1. The summed E-state index contributed by atoms with van der Waals surface area (Å²) in [6.07, 6.45) is 1.40. The number of imidazole rings is 1. The zero-order chi connectivity index (χ0) is 14.8. The van der Waals surface area contributed by atoms with Gasteiger partial charge in [-0.2, -0.15) is 0 Å². The number of aromatic nitrogens is 4. The van der Waals surface area contributed by atoms with Gasteiger partial charge in [-0.15, -0.1) is 0 Å². The molecule has 2 heterocycles. The van der Waals surface area contributed by atoms with Crippen LogP contribution in [-0.4, -0.2) is 25.8 Å². The van der Waals surface area contributed by atoms with E-state index in [4.69, 9.17) is 0 Å². The number of carbonyl (C=O) groups is 1. The van der Waals surface area contributed by atoms with Gasteiger partial charge in [0.2, 0.25) is 0 Å². The van der Waals surface area contributed by atoms with E-state index in [1.807, 2.05) is 38.1 Å². The maximum atomic E-state index is 12.2. The summed E-state index contributed by atoms with van der Waals surface area (Å²) < 4.78 is 0. The SMILES string of the molecule is Cc1ncnc(C(=O)NCc2nc3ccccc3[nH]2)c1C. The first-order valence-corrected chi connectivity index (χ1v) is 6.65. The summed E-state index contributed by atoms with van der Waals surface area (Å²) in [6, 6.07) is 7.75. The third kappa shape index (κ3) is 2.60. The average molecular weight is 281 g/mol. The van der Waals surface area contributed by atoms with Gasteiger partial charge in [0.25, 0.3) is 5.91 Å². The number of nitrogens with zero attached hydrogens (tertiary/aromatic N) is 3. The van der Waals surface area contributed by atoms with Gasteiger partial charge in [-0.1, -0.05) is 12.1 Å². The number of para-hydroxylation sites is 2. The van der Waals surface area contributed by atoms with Gasteiger partial charge in [0.1, 0.15) is 17.8 Å². The Morgan fingerprint density at radius 1 is 1.24 bits per heavy atom. The van der Waals surface area contributed by atoms with Crippen molar-refractivity contribution in [2.24, 2.45) is 0 Å². The molecule has 0 aliphatic rings. The highest BCUT2D eigenvalue weighted by molar-refractivity contribution is 5.93. The molecule has 0 unspecified atom stereocenters. The Morgan fingerprint density at radius 3 is 2.86 bits per heavy atom. The van der Waals surface area contributed by atoms with Gasteiger partial charge >= 0.3 is 0 Å². The Bertz CT molecular complexity index is 776. The minimum absolute atomic E-state index is 0.224. The highest BCUT2D eigenvalue weighted by atomic mass is 16.1. The molecular weight excluding hydrogens is 266 g/mol. The van der Waals surface area contributed by atoms with Crippen LogP contribution in [0, 0.1) is 13.8 Å². The van der Waals surface area contributed by atoms with Crippen LogP contribution in [0.2, 0.25) is 0 Å². The van der Waals surface area contributed by atoms with Crippen molar-refractivity contribution in [1.82, 2.24) is 25.3 Å². The molecule has 2 N–H and O–H groups in total. The standard InChI is InChI=1S/C15H15N5O/c1-9-10(2)17-8-18-14(9)15(21)16-7-13-19-11-5-3-4-6-12(11)20-13/h3-6,8H,7H2,1-2H3,(H,16,21)(H,19,20). The number of fused-ring (bicyclic) bond motifs is 1. The number of H-pyrrole nitrogens is 1. The number of hydrogen-bond donors (Lipinski definition) is 2. The van der Waals surface area contributed by atoms with Crippen molar-refractivity contribution < 1.29 is 4.79 Å². The minimum Gasteiger partial charge on any atom is -0.343 e. The van der Waals surface area contributed by atoms with Crippen molar-refractivity contribution in [3.63, 3.8) is 0 Å². The summed E-state index contributed by atoms with van der Waals surface area (Å²) in [5.74, 6) is 0.492. The molecule has 1 amide bonds. The zero-order valence-electron chi connectivity index (χ0n) is 11.8. The first-order chi connectivity index (χ1) is 10.1. The molecule has 0 bridgehead atoms. The van der Waals surface area contributed by atoms with Crippen molar-refractivity contribution in [1.29, 1.82) is 0 Å². The molecular formula is C15H15N5O. The summed E-state index contributed by atoms with van der Waals surface area (Å²) in [5, 5.41) is 2.82. The number of hydrogen-bond acceptors (Lipinski definition) is 4. The molecule has 3 rings (SSSR count). The van der Waals surface area contributed by atoms with E-state index in [1.54, 1.807) is 0 Å². The summed E-state index contributed by atoms with van der Waals surface area (Å²) in [4.78, 5) is 27.8. The number of nitrogens with one attached hydrogen (secondary N) is 2. The molecule has 0 saturated carbocycles. The topological polar surface area (TPSA) is 83.6 Å². The second kappa shape index (κ2) is 5.32. The molecule has 0 spiro atoms. The van der Waals surface area contributed by atoms with Crippen LogP contribution >= 0.6 is 0 Å². The molecule has 106 valence electrons. The summed E-state index contributed by atoms with van der Waals surface area (Å²) in [7, 11) is 0. The minimum atomic E-state index is -0.224. The zero-order valence-corrected chi connectivity index (χ0v) is 11.8. The summed E-state index contributed by atoms with van der Waals surface area (Å²) in [6.45, 7) is 4.02. The second-order valence-corrected chi connectivity index (χ2v) is 4.82. The van der Waals surface area contributed by atoms with Gasteiger partial charge in [-0.3, -0.25) is 4.79 Å². The van der Waals surface area contributed by atoms with E-state index in [-0.39, 0.29) is 5.91 Å².